The van der Waals surface area contributed by atoms with Gasteiger partial charge >= 0.3 is 5.97 Å². The first-order chi connectivity index (χ1) is 14.7. The average molecular weight is 493 g/mol. The monoisotopic (exact) mass is 492 g/mol. The van der Waals surface area contributed by atoms with Crippen LogP contribution >= 0.6 is 11.3 Å². The number of sulfonamides is 1. The Morgan fingerprint density at radius 3 is 2.61 bits per heavy atom. The van der Waals surface area contributed by atoms with Gasteiger partial charge in [0.1, 0.15) is 9.77 Å². The molecule has 174 valence electrons. The Balaban J connectivity index is 1.67. The van der Waals surface area contributed by atoms with Gasteiger partial charge in [0.15, 0.2) is 16.4 Å². The van der Waals surface area contributed by atoms with Crippen molar-refractivity contribution >= 4 is 43.1 Å². The van der Waals surface area contributed by atoms with E-state index in [1.165, 1.54) is 20.7 Å². The average Bonchev–Trinajstić information content (AvgIpc) is 3.47. The van der Waals surface area contributed by atoms with E-state index in [2.05, 4.69) is 0 Å². The van der Waals surface area contributed by atoms with Crippen LogP contribution in [0.3, 0.4) is 0 Å². The molecule has 0 saturated carbocycles. The number of carbonyl (C=O) groups is 2. The third kappa shape index (κ3) is 5.65. The molecule has 12 heteroatoms. The van der Waals surface area contributed by atoms with Crippen LogP contribution in [0.1, 0.15) is 48.7 Å². The number of sulfone groups is 1. The van der Waals surface area contributed by atoms with Gasteiger partial charge in [-0.3, -0.25) is 4.79 Å². The van der Waals surface area contributed by atoms with Crippen molar-refractivity contribution < 1.29 is 31.2 Å². The molecule has 1 aromatic rings. The normalized spacial score (nSPS) is 21.3. The van der Waals surface area contributed by atoms with E-state index in [0.29, 0.717) is 32.5 Å². The number of hydrogen-bond donors (Lipinski definition) is 0. The van der Waals surface area contributed by atoms with Crippen LogP contribution < -0.4 is 0 Å². The molecule has 0 radical (unpaired) electrons. The maximum absolute atomic E-state index is 12.8. The van der Waals surface area contributed by atoms with E-state index in [0.717, 1.165) is 30.6 Å². The second-order valence-corrected chi connectivity index (χ2v) is 12.9. The van der Waals surface area contributed by atoms with Crippen LogP contribution in [0.15, 0.2) is 16.3 Å². The van der Waals surface area contributed by atoms with Crippen molar-refractivity contribution in [2.75, 3.05) is 37.7 Å². The lowest BCUT2D eigenvalue weighted by atomic mass is 10.2. The number of esters is 1. The van der Waals surface area contributed by atoms with Gasteiger partial charge in [-0.05, 0) is 37.1 Å². The molecule has 1 amide bonds. The fourth-order valence-electron chi connectivity index (χ4n) is 3.85. The summed E-state index contributed by atoms with van der Waals surface area (Å²) in [7, 11) is -6.95. The number of nitrogens with zero attached hydrogens (tertiary/aromatic N) is 2. The number of amides is 1. The molecule has 1 atom stereocenters. The number of ether oxygens (including phenoxy) is 1. The first-order valence-corrected chi connectivity index (χ1v) is 14.5. The minimum absolute atomic E-state index is 0.0419. The van der Waals surface area contributed by atoms with Crippen LogP contribution in [0.4, 0.5) is 0 Å². The summed E-state index contributed by atoms with van der Waals surface area (Å²) in [6.07, 6.45) is 3.47. The van der Waals surface area contributed by atoms with Crippen LogP contribution in [0.25, 0.3) is 0 Å². The van der Waals surface area contributed by atoms with Gasteiger partial charge in [0, 0.05) is 25.7 Å². The zero-order valence-electron chi connectivity index (χ0n) is 17.5. The molecule has 31 heavy (non-hydrogen) atoms. The Bertz CT molecular complexity index is 1010. The molecule has 2 fully saturated rings. The van der Waals surface area contributed by atoms with Crippen molar-refractivity contribution in [2.24, 2.45) is 0 Å². The van der Waals surface area contributed by atoms with Gasteiger partial charge in [-0.2, -0.15) is 4.31 Å². The fourth-order valence-corrected chi connectivity index (χ4v) is 8.38. The van der Waals surface area contributed by atoms with E-state index in [1.807, 2.05) is 6.92 Å². The third-order valence-corrected chi connectivity index (χ3v) is 10.3. The second kappa shape index (κ2) is 9.97. The number of thiophene rings is 1. The molecule has 0 N–H and O–H groups in total. The van der Waals surface area contributed by atoms with Crippen molar-refractivity contribution in [3.63, 3.8) is 0 Å². The SMILES string of the molecule is CCCCN(C(=O)COC(=O)c1sccc1S(=O)(=O)N1CCCC1)C1CCS(=O)(=O)C1. The summed E-state index contributed by atoms with van der Waals surface area (Å²) in [5.74, 6) is -1.38. The van der Waals surface area contributed by atoms with Gasteiger partial charge in [0.05, 0.1) is 11.5 Å². The molecule has 3 heterocycles. The Labute approximate surface area is 187 Å². The van der Waals surface area contributed by atoms with Crippen molar-refractivity contribution in [1.82, 2.24) is 9.21 Å². The molecule has 0 aliphatic carbocycles. The van der Waals surface area contributed by atoms with Crippen LogP contribution in [0, 0.1) is 0 Å². The summed E-state index contributed by atoms with van der Waals surface area (Å²) in [6, 6.07) is 0.962. The molecule has 2 aliphatic rings. The Hall–Kier alpha value is -1.50. The predicted octanol–water partition coefficient (Wildman–Crippen LogP) is 1.51. The Morgan fingerprint density at radius 2 is 2.00 bits per heavy atom. The lowest BCUT2D eigenvalue weighted by Crippen LogP contribution is -2.43. The fraction of sp³-hybridized carbons (Fsp3) is 0.684. The van der Waals surface area contributed by atoms with E-state index >= 15 is 0 Å². The lowest BCUT2D eigenvalue weighted by Gasteiger charge is -2.28. The molecule has 9 nitrogen and oxygen atoms in total. The van der Waals surface area contributed by atoms with E-state index < -0.39 is 44.4 Å². The molecule has 0 bridgehead atoms. The van der Waals surface area contributed by atoms with Crippen molar-refractivity contribution in [2.45, 2.75) is 50.0 Å². The molecular formula is C19H28N2O7S3. The molecule has 2 saturated heterocycles. The molecule has 0 aromatic carbocycles. The minimum atomic E-state index is -3.78. The standard InChI is InChI=1S/C19H28N2O7S3/c1-2-3-10-21(15-7-12-30(24,25)14-15)17(22)13-28-19(23)18-16(6-11-29-18)31(26,27)20-8-4-5-9-20/h6,11,15H,2-5,7-10,12-14H2,1H3. The lowest BCUT2D eigenvalue weighted by molar-refractivity contribution is -0.136. The van der Waals surface area contributed by atoms with Gasteiger partial charge in [0.2, 0.25) is 10.0 Å². The van der Waals surface area contributed by atoms with Crippen LogP contribution in [-0.2, 0) is 29.4 Å². The third-order valence-electron chi connectivity index (χ3n) is 5.55. The summed E-state index contributed by atoms with van der Waals surface area (Å²) in [4.78, 5) is 26.7. The Kier molecular flexibility index (Phi) is 7.76. The highest BCUT2D eigenvalue weighted by atomic mass is 32.2. The van der Waals surface area contributed by atoms with Crippen LogP contribution in [-0.4, -0.2) is 81.7 Å². The van der Waals surface area contributed by atoms with Crippen molar-refractivity contribution in [3.05, 3.63) is 16.3 Å². The minimum Gasteiger partial charge on any atom is -0.451 e. The highest BCUT2D eigenvalue weighted by Gasteiger charge is 2.35. The first-order valence-electron chi connectivity index (χ1n) is 10.4. The molecule has 1 aromatic heterocycles. The first kappa shape index (κ1) is 24.1. The quantitative estimate of drug-likeness (QED) is 0.479. The van der Waals surface area contributed by atoms with Crippen molar-refractivity contribution in [1.29, 1.82) is 0 Å². The summed E-state index contributed by atoms with van der Waals surface area (Å²) >= 11 is 0.958. The number of rotatable bonds is 9. The van der Waals surface area contributed by atoms with Gasteiger partial charge in [0.25, 0.3) is 5.91 Å². The molecule has 2 aliphatic heterocycles. The number of carbonyl (C=O) groups excluding carboxylic acids is 2. The van der Waals surface area contributed by atoms with Gasteiger partial charge in [-0.1, -0.05) is 13.3 Å². The van der Waals surface area contributed by atoms with Gasteiger partial charge in [-0.15, -0.1) is 11.3 Å². The van der Waals surface area contributed by atoms with Crippen LogP contribution in [0.2, 0.25) is 0 Å². The second-order valence-electron chi connectivity index (χ2n) is 7.80. The van der Waals surface area contributed by atoms with E-state index in [4.69, 9.17) is 4.74 Å². The highest BCUT2D eigenvalue weighted by Crippen LogP contribution is 2.28. The largest absolute Gasteiger partial charge is 0.451 e. The van der Waals surface area contributed by atoms with Crippen LogP contribution in [0.5, 0.6) is 0 Å². The smallest absolute Gasteiger partial charge is 0.350 e. The topological polar surface area (TPSA) is 118 Å². The van der Waals surface area contributed by atoms with E-state index in [1.54, 1.807) is 0 Å². The summed E-state index contributed by atoms with van der Waals surface area (Å²) in [5.41, 5.74) is 0. The number of hydrogen-bond acceptors (Lipinski definition) is 8. The maximum atomic E-state index is 12.8. The summed E-state index contributed by atoms with van der Waals surface area (Å²) in [6.45, 7) is 2.64. The molecule has 0 spiro atoms. The van der Waals surface area contributed by atoms with E-state index in [9.17, 15) is 26.4 Å². The van der Waals surface area contributed by atoms with Crippen molar-refractivity contribution in [3.8, 4) is 0 Å². The zero-order valence-corrected chi connectivity index (χ0v) is 19.9. The Morgan fingerprint density at radius 1 is 1.29 bits per heavy atom. The van der Waals surface area contributed by atoms with E-state index in [-0.39, 0.29) is 21.3 Å². The zero-order chi connectivity index (χ0) is 22.6. The molecule has 3 rings (SSSR count). The highest BCUT2D eigenvalue weighted by molar-refractivity contribution is 7.91. The maximum Gasteiger partial charge on any atom is 0.350 e. The number of unbranched alkanes of at least 4 members (excludes halogenated alkanes) is 1. The molecular weight excluding hydrogens is 464 g/mol. The summed E-state index contributed by atoms with van der Waals surface area (Å²) < 4.78 is 55.8. The molecule has 1 unspecified atom stereocenters. The predicted molar refractivity (Wildman–Crippen MR) is 116 cm³/mol. The van der Waals surface area contributed by atoms with Gasteiger partial charge < -0.3 is 9.64 Å². The summed E-state index contributed by atoms with van der Waals surface area (Å²) in [5, 5.41) is 1.51. The van der Waals surface area contributed by atoms with Gasteiger partial charge in [-0.25, -0.2) is 21.6 Å².